The Balaban J connectivity index is 2.12. The molecule has 0 amide bonds. The zero-order valence-corrected chi connectivity index (χ0v) is 13.7. The van der Waals surface area contributed by atoms with Crippen LogP contribution in [0.4, 0.5) is 0 Å². The number of ether oxygens (including phenoxy) is 2. The van der Waals surface area contributed by atoms with Crippen LogP contribution in [-0.4, -0.2) is 17.7 Å². The summed E-state index contributed by atoms with van der Waals surface area (Å²) in [7, 11) is 0. The molecule has 0 saturated heterocycles. The monoisotopic (exact) mass is 307 g/mol. The Labute approximate surface area is 132 Å². The molecule has 1 aromatic carbocycles. The van der Waals surface area contributed by atoms with Crippen molar-refractivity contribution < 1.29 is 9.47 Å². The predicted molar refractivity (Wildman–Crippen MR) is 90.2 cm³/mol. The van der Waals surface area contributed by atoms with Crippen LogP contribution in [0.2, 0.25) is 0 Å². The van der Waals surface area contributed by atoms with Gasteiger partial charge in [0.05, 0.1) is 12.7 Å². The minimum absolute atomic E-state index is 0.290. The summed E-state index contributed by atoms with van der Waals surface area (Å²) < 4.78 is 11.9. The van der Waals surface area contributed by atoms with Crippen LogP contribution in [0.3, 0.4) is 0 Å². The summed E-state index contributed by atoms with van der Waals surface area (Å²) in [6.07, 6.45) is 6.36. The molecule has 1 aromatic rings. The molecule has 116 valence electrons. The maximum absolute atomic E-state index is 6.20. The van der Waals surface area contributed by atoms with E-state index in [4.69, 9.17) is 27.4 Å². The Morgan fingerprint density at radius 1 is 1.29 bits per heavy atom. The fourth-order valence-electron chi connectivity index (χ4n) is 2.93. The Morgan fingerprint density at radius 3 is 2.76 bits per heavy atom. The van der Waals surface area contributed by atoms with E-state index in [1.54, 1.807) is 0 Å². The summed E-state index contributed by atoms with van der Waals surface area (Å²) in [5.74, 6) is 2.33. The van der Waals surface area contributed by atoms with E-state index in [1.807, 2.05) is 25.1 Å². The van der Waals surface area contributed by atoms with Crippen molar-refractivity contribution in [2.24, 2.45) is 11.7 Å². The molecule has 1 fully saturated rings. The third-order valence-electron chi connectivity index (χ3n) is 4.13. The maximum atomic E-state index is 6.20. The van der Waals surface area contributed by atoms with E-state index >= 15 is 0 Å². The van der Waals surface area contributed by atoms with Gasteiger partial charge in [-0.2, -0.15) is 0 Å². The van der Waals surface area contributed by atoms with Gasteiger partial charge >= 0.3 is 0 Å². The van der Waals surface area contributed by atoms with Crippen molar-refractivity contribution in [2.75, 3.05) is 6.61 Å². The molecule has 0 aromatic heterocycles. The van der Waals surface area contributed by atoms with Gasteiger partial charge in [0.25, 0.3) is 0 Å². The van der Waals surface area contributed by atoms with Crippen LogP contribution in [-0.2, 0) is 0 Å². The summed E-state index contributed by atoms with van der Waals surface area (Å²) in [5.41, 5.74) is 6.50. The lowest BCUT2D eigenvalue weighted by Crippen LogP contribution is -2.25. The zero-order chi connectivity index (χ0) is 15.2. The Hall–Kier alpha value is -1.29. The first-order valence-electron chi connectivity index (χ1n) is 7.87. The molecule has 0 aliphatic heterocycles. The molecule has 2 rings (SSSR count). The molecule has 0 bridgehead atoms. The fourth-order valence-corrected chi connectivity index (χ4v) is 3.05. The molecule has 2 N–H and O–H groups in total. The molecule has 3 nitrogen and oxygen atoms in total. The van der Waals surface area contributed by atoms with E-state index in [2.05, 4.69) is 6.92 Å². The third-order valence-corrected chi connectivity index (χ3v) is 4.37. The number of rotatable bonds is 6. The topological polar surface area (TPSA) is 44.5 Å². The first-order chi connectivity index (χ1) is 10.1. The predicted octanol–water partition coefficient (Wildman–Crippen LogP) is 4.07. The van der Waals surface area contributed by atoms with Crippen molar-refractivity contribution in [1.29, 1.82) is 0 Å². The molecule has 4 heteroatoms. The van der Waals surface area contributed by atoms with Crippen LogP contribution in [0.15, 0.2) is 18.2 Å². The highest BCUT2D eigenvalue weighted by atomic mass is 32.1. The van der Waals surface area contributed by atoms with Crippen molar-refractivity contribution >= 4 is 17.2 Å². The van der Waals surface area contributed by atoms with Gasteiger partial charge < -0.3 is 15.2 Å². The lowest BCUT2D eigenvalue weighted by Gasteiger charge is -2.29. The van der Waals surface area contributed by atoms with Crippen LogP contribution < -0.4 is 15.2 Å². The van der Waals surface area contributed by atoms with Gasteiger partial charge in [0.1, 0.15) is 4.99 Å². The van der Waals surface area contributed by atoms with E-state index in [9.17, 15) is 0 Å². The molecule has 1 aliphatic rings. The maximum Gasteiger partial charge on any atom is 0.161 e. The average Bonchev–Trinajstić information content (AvgIpc) is 2.49. The van der Waals surface area contributed by atoms with Crippen molar-refractivity contribution in [1.82, 2.24) is 0 Å². The number of thiocarbonyl (C=S) groups is 1. The molecule has 1 aliphatic carbocycles. The molecule has 21 heavy (non-hydrogen) atoms. The number of nitrogens with two attached hydrogens (primary N) is 1. The van der Waals surface area contributed by atoms with Gasteiger partial charge in [-0.05, 0) is 50.3 Å². The summed E-state index contributed by atoms with van der Waals surface area (Å²) >= 11 is 5.02. The van der Waals surface area contributed by atoms with E-state index in [0.717, 1.165) is 35.8 Å². The quantitative estimate of drug-likeness (QED) is 0.805. The van der Waals surface area contributed by atoms with Crippen LogP contribution in [0.25, 0.3) is 0 Å². The number of hydrogen-bond donors (Lipinski definition) is 1. The van der Waals surface area contributed by atoms with Gasteiger partial charge in [-0.3, -0.25) is 0 Å². The molecule has 0 spiro atoms. The highest BCUT2D eigenvalue weighted by molar-refractivity contribution is 7.80. The zero-order valence-electron chi connectivity index (χ0n) is 12.9. The lowest BCUT2D eigenvalue weighted by atomic mass is 9.85. The van der Waals surface area contributed by atoms with E-state index in [-0.39, 0.29) is 0 Å². The second kappa shape index (κ2) is 7.64. The van der Waals surface area contributed by atoms with Crippen LogP contribution >= 0.6 is 12.2 Å². The standard InChI is InChI=1S/C17H25NO2S/c1-3-12-6-5-7-14(10-12)20-15-9-8-13(17(18)21)11-16(15)19-4-2/h8-9,11-12,14H,3-7,10H2,1-2H3,(H2,18,21). The largest absolute Gasteiger partial charge is 0.490 e. The van der Waals surface area contributed by atoms with E-state index < -0.39 is 0 Å². The highest BCUT2D eigenvalue weighted by Gasteiger charge is 2.23. The van der Waals surface area contributed by atoms with E-state index in [1.165, 1.54) is 19.3 Å². The summed E-state index contributed by atoms with van der Waals surface area (Å²) in [5, 5.41) is 0. The molecular formula is C17H25NO2S. The lowest BCUT2D eigenvalue weighted by molar-refractivity contribution is 0.117. The minimum Gasteiger partial charge on any atom is -0.490 e. The minimum atomic E-state index is 0.290. The van der Waals surface area contributed by atoms with Crippen molar-refractivity contribution in [3.8, 4) is 11.5 Å². The van der Waals surface area contributed by atoms with Crippen molar-refractivity contribution in [2.45, 2.75) is 52.1 Å². The Kier molecular flexibility index (Phi) is 5.85. The summed E-state index contributed by atoms with van der Waals surface area (Å²) in [6.45, 7) is 4.82. The second-order valence-electron chi connectivity index (χ2n) is 5.64. The second-order valence-corrected chi connectivity index (χ2v) is 6.08. The van der Waals surface area contributed by atoms with Crippen molar-refractivity contribution in [3.63, 3.8) is 0 Å². The van der Waals surface area contributed by atoms with Crippen LogP contribution in [0, 0.1) is 5.92 Å². The number of benzene rings is 1. The van der Waals surface area contributed by atoms with Gasteiger partial charge in [-0.1, -0.05) is 32.0 Å². The summed E-state index contributed by atoms with van der Waals surface area (Å²) in [6, 6.07) is 5.71. The van der Waals surface area contributed by atoms with Crippen LogP contribution in [0.5, 0.6) is 11.5 Å². The van der Waals surface area contributed by atoms with E-state index in [0.29, 0.717) is 17.7 Å². The molecule has 0 heterocycles. The third kappa shape index (κ3) is 4.34. The van der Waals surface area contributed by atoms with Gasteiger partial charge in [0, 0.05) is 5.56 Å². The van der Waals surface area contributed by atoms with Gasteiger partial charge in [-0.15, -0.1) is 0 Å². The average molecular weight is 307 g/mol. The van der Waals surface area contributed by atoms with Gasteiger partial charge in [0.2, 0.25) is 0 Å². The highest BCUT2D eigenvalue weighted by Crippen LogP contribution is 2.34. The Morgan fingerprint density at radius 2 is 2.10 bits per heavy atom. The summed E-state index contributed by atoms with van der Waals surface area (Å²) in [4.78, 5) is 0.381. The van der Waals surface area contributed by atoms with Gasteiger partial charge in [-0.25, -0.2) is 0 Å². The first-order valence-corrected chi connectivity index (χ1v) is 8.28. The normalized spacial score (nSPS) is 21.8. The Bertz CT molecular complexity index is 490. The number of hydrogen-bond acceptors (Lipinski definition) is 3. The molecule has 2 atom stereocenters. The molecule has 2 unspecified atom stereocenters. The molecular weight excluding hydrogens is 282 g/mol. The fraction of sp³-hybridized carbons (Fsp3) is 0.588. The van der Waals surface area contributed by atoms with Gasteiger partial charge in [0.15, 0.2) is 11.5 Å². The molecule has 1 saturated carbocycles. The van der Waals surface area contributed by atoms with Crippen molar-refractivity contribution in [3.05, 3.63) is 23.8 Å². The smallest absolute Gasteiger partial charge is 0.161 e. The first kappa shape index (κ1) is 16.1. The van der Waals surface area contributed by atoms with Crippen LogP contribution in [0.1, 0.15) is 51.5 Å². The SMILES string of the molecule is CCOc1cc(C(N)=S)ccc1OC1CCCC(CC)C1. The molecule has 0 radical (unpaired) electrons.